The lowest BCUT2D eigenvalue weighted by Crippen LogP contribution is -2.14. The second kappa shape index (κ2) is 5.64. The van der Waals surface area contributed by atoms with Crippen molar-refractivity contribution in [3.8, 4) is 0 Å². The third-order valence-corrected chi connectivity index (χ3v) is 7.33. The van der Waals surface area contributed by atoms with Crippen LogP contribution in [0.15, 0.2) is 22.0 Å². The van der Waals surface area contributed by atoms with E-state index in [9.17, 15) is 17.4 Å². The highest BCUT2D eigenvalue weighted by Gasteiger charge is 2.21. The first kappa shape index (κ1) is 15.8. The van der Waals surface area contributed by atoms with Crippen LogP contribution in [-0.4, -0.2) is 35.2 Å². The Morgan fingerprint density at radius 1 is 1.33 bits per heavy atom. The van der Waals surface area contributed by atoms with E-state index in [0.717, 1.165) is 0 Å². The van der Waals surface area contributed by atoms with Crippen molar-refractivity contribution >= 4 is 31.6 Å². The molecule has 9 heteroatoms. The van der Waals surface area contributed by atoms with E-state index in [-0.39, 0.29) is 11.3 Å². The number of carbonyl (C=O) groups is 1. The maximum atomic E-state index is 12.1. The molecular formula is C12H16N2O5S2. The summed E-state index contributed by atoms with van der Waals surface area (Å²) in [6.07, 6.45) is 1.43. The van der Waals surface area contributed by atoms with Crippen molar-refractivity contribution in [1.82, 2.24) is 0 Å². The summed E-state index contributed by atoms with van der Waals surface area (Å²) in [5, 5.41) is 8.92. The van der Waals surface area contributed by atoms with Gasteiger partial charge in [0.05, 0.1) is 21.0 Å². The fourth-order valence-electron chi connectivity index (χ4n) is 2.15. The van der Waals surface area contributed by atoms with Crippen LogP contribution in [0.3, 0.4) is 0 Å². The number of nitrogens with one attached hydrogen (secondary N) is 1. The molecule has 0 spiro atoms. The maximum Gasteiger partial charge on any atom is 0.350 e. The third-order valence-electron chi connectivity index (χ3n) is 3.11. The molecule has 1 heterocycles. The summed E-state index contributed by atoms with van der Waals surface area (Å²) in [5.74, 6) is -0.490. The van der Waals surface area contributed by atoms with Gasteiger partial charge in [0.15, 0.2) is 0 Å². The summed E-state index contributed by atoms with van der Waals surface area (Å²) in [7, 11) is -6.76. The molecule has 0 unspecified atom stereocenters. The first-order chi connectivity index (χ1) is 9.71. The Labute approximate surface area is 123 Å². The number of rotatable bonds is 4. The zero-order chi connectivity index (χ0) is 15.7. The molecule has 116 valence electrons. The first-order valence-electron chi connectivity index (χ1n) is 6.31. The molecule has 0 saturated carbocycles. The second-order valence-electron chi connectivity index (χ2n) is 4.87. The average Bonchev–Trinajstić information content (AvgIpc) is 2.73. The lowest BCUT2D eigenvalue weighted by molar-refractivity contribution is 0.0696. The highest BCUT2D eigenvalue weighted by molar-refractivity contribution is 8.03. The van der Waals surface area contributed by atoms with Crippen molar-refractivity contribution in [2.75, 3.05) is 16.2 Å². The Hall–Kier alpha value is -1.61. The number of anilines is 1. The molecule has 0 atom stereocenters. The van der Waals surface area contributed by atoms with E-state index in [2.05, 4.69) is 8.49 Å². The molecule has 21 heavy (non-hydrogen) atoms. The zero-order valence-corrected chi connectivity index (χ0v) is 13.0. The molecule has 1 aliphatic rings. The molecule has 0 bridgehead atoms. The fraction of sp³-hybridized carbons (Fsp3) is 0.417. The van der Waals surface area contributed by atoms with Crippen molar-refractivity contribution in [2.24, 2.45) is 3.77 Å². The van der Waals surface area contributed by atoms with Gasteiger partial charge in [0.2, 0.25) is 0 Å². The van der Waals surface area contributed by atoms with Gasteiger partial charge in [0.1, 0.15) is 0 Å². The second-order valence-corrected chi connectivity index (χ2v) is 8.99. The molecule has 0 aromatic heterocycles. The number of carboxylic acids is 1. The van der Waals surface area contributed by atoms with E-state index in [1.54, 1.807) is 6.92 Å². The summed E-state index contributed by atoms with van der Waals surface area (Å²) in [6.45, 7) is 1.57. The summed E-state index contributed by atoms with van der Waals surface area (Å²) in [4.78, 5) is 10.9. The minimum Gasteiger partial charge on any atom is -0.478 e. The van der Waals surface area contributed by atoms with Crippen LogP contribution in [0.25, 0.3) is 0 Å². The first-order valence-corrected chi connectivity index (χ1v) is 9.61. The van der Waals surface area contributed by atoms with Gasteiger partial charge in [-0.1, -0.05) is 3.77 Å². The van der Waals surface area contributed by atoms with Crippen molar-refractivity contribution < 1.29 is 22.5 Å². The number of aromatic carboxylic acids is 1. The van der Waals surface area contributed by atoms with Crippen LogP contribution in [0.5, 0.6) is 0 Å². The zero-order valence-electron chi connectivity index (χ0n) is 11.4. The van der Waals surface area contributed by atoms with E-state index < -0.39 is 25.9 Å². The van der Waals surface area contributed by atoms with Gasteiger partial charge < -0.3 is 5.11 Å². The van der Waals surface area contributed by atoms with Crippen LogP contribution in [0, 0.1) is 6.92 Å². The molecule has 0 amide bonds. The van der Waals surface area contributed by atoms with Gasteiger partial charge in [-0.05, 0) is 43.5 Å². The monoisotopic (exact) mass is 332 g/mol. The van der Waals surface area contributed by atoms with Gasteiger partial charge in [-0.2, -0.15) is 8.42 Å². The molecule has 0 radical (unpaired) electrons. The SMILES string of the molecule is Cc1cc(NS(=O)(=O)N=S2(=O)CCCC2)ccc1C(=O)O. The molecule has 2 rings (SSSR count). The Bertz CT molecular complexity index is 780. The Morgan fingerprint density at radius 3 is 2.48 bits per heavy atom. The van der Waals surface area contributed by atoms with E-state index in [1.165, 1.54) is 18.2 Å². The number of hydrogen-bond acceptors (Lipinski definition) is 4. The van der Waals surface area contributed by atoms with Gasteiger partial charge in [-0.25, -0.2) is 9.00 Å². The van der Waals surface area contributed by atoms with Crippen LogP contribution in [-0.2, 0) is 19.9 Å². The highest BCUT2D eigenvalue weighted by Crippen LogP contribution is 2.19. The van der Waals surface area contributed by atoms with Crippen LogP contribution in [0.2, 0.25) is 0 Å². The van der Waals surface area contributed by atoms with Crippen molar-refractivity contribution in [1.29, 1.82) is 0 Å². The average molecular weight is 332 g/mol. The molecule has 1 aromatic carbocycles. The van der Waals surface area contributed by atoms with E-state index in [4.69, 9.17) is 5.11 Å². The van der Waals surface area contributed by atoms with Crippen LogP contribution >= 0.6 is 0 Å². The Balaban J connectivity index is 2.27. The summed E-state index contributed by atoms with van der Waals surface area (Å²) in [5.41, 5.74) is 0.714. The summed E-state index contributed by atoms with van der Waals surface area (Å²) >= 11 is 0. The van der Waals surface area contributed by atoms with Crippen molar-refractivity contribution in [3.63, 3.8) is 0 Å². The molecule has 0 aliphatic carbocycles. The number of hydrogen-bond donors (Lipinski definition) is 2. The molecule has 1 aliphatic heterocycles. The molecule has 1 fully saturated rings. The van der Waals surface area contributed by atoms with Gasteiger partial charge in [-0.15, -0.1) is 0 Å². The smallest absolute Gasteiger partial charge is 0.350 e. The Morgan fingerprint density at radius 2 is 1.95 bits per heavy atom. The normalized spacial score (nSPS) is 17.4. The number of benzene rings is 1. The van der Waals surface area contributed by atoms with Gasteiger partial charge in [-0.3, -0.25) is 4.72 Å². The summed E-state index contributed by atoms with van der Waals surface area (Å²) < 4.78 is 41.7. The topological polar surface area (TPSA) is 113 Å². The van der Waals surface area contributed by atoms with Gasteiger partial charge >= 0.3 is 16.2 Å². The van der Waals surface area contributed by atoms with E-state index in [0.29, 0.717) is 29.9 Å². The predicted octanol–water partition coefficient (Wildman–Crippen LogP) is 1.61. The molecule has 2 N–H and O–H groups in total. The minimum atomic E-state index is -4.07. The van der Waals surface area contributed by atoms with Crippen LogP contribution in [0.1, 0.15) is 28.8 Å². The van der Waals surface area contributed by atoms with Crippen molar-refractivity contribution in [3.05, 3.63) is 29.3 Å². The number of aryl methyl sites for hydroxylation is 1. The van der Waals surface area contributed by atoms with E-state index in [1.807, 2.05) is 0 Å². The van der Waals surface area contributed by atoms with Gasteiger partial charge in [0, 0.05) is 11.5 Å². The predicted molar refractivity (Wildman–Crippen MR) is 80.2 cm³/mol. The summed E-state index contributed by atoms with van der Waals surface area (Å²) in [6, 6.07) is 4.05. The Kier molecular flexibility index (Phi) is 4.24. The van der Waals surface area contributed by atoms with Crippen molar-refractivity contribution in [2.45, 2.75) is 19.8 Å². The van der Waals surface area contributed by atoms with Crippen LogP contribution in [0.4, 0.5) is 5.69 Å². The molecule has 7 nitrogen and oxygen atoms in total. The van der Waals surface area contributed by atoms with Gasteiger partial charge in [0.25, 0.3) is 0 Å². The van der Waals surface area contributed by atoms with Crippen LogP contribution < -0.4 is 4.72 Å². The lowest BCUT2D eigenvalue weighted by atomic mass is 10.1. The lowest BCUT2D eigenvalue weighted by Gasteiger charge is -2.08. The standard InChI is InChI=1S/C12H16N2O5S2/c1-9-8-10(4-5-11(9)12(15)16)13-21(18,19)14-20(17)6-2-3-7-20/h4-5,8,13H,2-3,6-7H2,1H3,(H,15,16). The van der Waals surface area contributed by atoms with E-state index >= 15 is 0 Å². The molecular weight excluding hydrogens is 316 g/mol. The third kappa shape index (κ3) is 3.94. The minimum absolute atomic E-state index is 0.0941. The number of carboxylic acid groups (broad SMARTS) is 1. The fourth-order valence-corrected chi connectivity index (χ4v) is 6.26. The number of nitrogens with zero attached hydrogens (tertiary/aromatic N) is 1. The quantitative estimate of drug-likeness (QED) is 0.869. The maximum absolute atomic E-state index is 12.1. The largest absolute Gasteiger partial charge is 0.478 e. The molecule has 1 aromatic rings. The highest BCUT2D eigenvalue weighted by atomic mass is 32.3. The molecule has 1 saturated heterocycles.